The summed E-state index contributed by atoms with van der Waals surface area (Å²) in [7, 11) is 0. The van der Waals surface area contributed by atoms with Gasteiger partial charge in [-0.05, 0) is 57.0 Å². The predicted octanol–water partition coefficient (Wildman–Crippen LogP) is 4.62. The summed E-state index contributed by atoms with van der Waals surface area (Å²) >= 11 is 0. The lowest BCUT2D eigenvalue weighted by atomic mass is 9.85. The largest absolute Gasteiger partial charge is 0.507 e. The highest BCUT2D eigenvalue weighted by atomic mass is 16.5. The molecule has 2 rings (SSSR count). The number of carbonyl (C=O) groups excluding carboxylic acids is 2. The van der Waals surface area contributed by atoms with Gasteiger partial charge in [0.2, 0.25) is 0 Å². The number of phenols is 1. The van der Waals surface area contributed by atoms with Crippen LogP contribution < -0.4 is 9.47 Å². The van der Waals surface area contributed by atoms with Crippen LogP contribution in [0.5, 0.6) is 17.2 Å². The van der Waals surface area contributed by atoms with Crippen molar-refractivity contribution < 1.29 is 34.1 Å². The van der Waals surface area contributed by atoms with Gasteiger partial charge in [-0.2, -0.15) is 0 Å². The summed E-state index contributed by atoms with van der Waals surface area (Å²) in [6.45, 7) is 7.01. The fourth-order valence-electron chi connectivity index (χ4n) is 3.19. The number of carboxylic acids is 1. The molecule has 0 heterocycles. The summed E-state index contributed by atoms with van der Waals surface area (Å²) in [6.07, 6.45) is 2.07. The van der Waals surface area contributed by atoms with E-state index in [1.807, 2.05) is 6.92 Å². The van der Waals surface area contributed by atoms with Crippen LogP contribution in [0, 0.1) is 5.41 Å². The van der Waals surface area contributed by atoms with Crippen LogP contribution in [0.25, 0.3) is 0 Å². The summed E-state index contributed by atoms with van der Waals surface area (Å²) in [5.41, 5.74) is 0.241. The number of Topliss-reactive ketones (excluding diaryl/α,β-unsaturated/α-hetero) is 2. The van der Waals surface area contributed by atoms with Crippen LogP contribution in [0.3, 0.4) is 0 Å². The van der Waals surface area contributed by atoms with Crippen molar-refractivity contribution >= 4 is 17.5 Å². The van der Waals surface area contributed by atoms with Gasteiger partial charge in [0.1, 0.15) is 22.7 Å². The summed E-state index contributed by atoms with van der Waals surface area (Å²) in [5.74, 6) is -0.488. The Labute approximate surface area is 194 Å². The van der Waals surface area contributed by atoms with Gasteiger partial charge in [-0.3, -0.25) is 14.4 Å². The Morgan fingerprint density at radius 2 is 1.61 bits per heavy atom. The van der Waals surface area contributed by atoms with Crippen LogP contribution in [-0.2, 0) is 22.4 Å². The van der Waals surface area contributed by atoms with Crippen molar-refractivity contribution in [2.45, 2.75) is 53.4 Å². The number of benzene rings is 2. The zero-order valence-electron chi connectivity index (χ0n) is 19.6. The number of rotatable bonds is 13. The second kappa shape index (κ2) is 11.5. The first kappa shape index (κ1) is 25.9. The molecule has 7 heteroatoms. The number of phenolic OH excluding ortho intramolecular Hbond substituents is 1. The van der Waals surface area contributed by atoms with E-state index < -0.39 is 11.4 Å². The molecule has 0 spiro atoms. The molecule has 178 valence electrons. The molecular formula is C26H32O7. The average molecular weight is 457 g/mol. The van der Waals surface area contributed by atoms with Gasteiger partial charge in [0.15, 0.2) is 11.6 Å². The average Bonchev–Trinajstić information content (AvgIpc) is 2.76. The fraction of sp³-hybridized carbons (Fsp3) is 0.423. The number of aromatic hydroxyl groups is 1. The molecule has 0 saturated carbocycles. The molecule has 0 aromatic heterocycles. The molecular weight excluding hydrogens is 424 g/mol. The van der Waals surface area contributed by atoms with Gasteiger partial charge in [0.05, 0.1) is 18.8 Å². The van der Waals surface area contributed by atoms with E-state index in [1.165, 1.54) is 20.8 Å². The highest BCUT2D eigenvalue weighted by molar-refractivity contribution is 6.03. The molecule has 2 aromatic rings. The molecule has 0 radical (unpaired) electrons. The first-order valence-electron chi connectivity index (χ1n) is 11.0. The van der Waals surface area contributed by atoms with Crippen LogP contribution in [0.15, 0.2) is 36.4 Å². The molecule has 2 aromatic carbocycles. The van der Waals surface area contributed by atoms with E-state index in [4.69, 9.17) is 14.6 Å². The van der Waals surface area contributed by atoms with Crippen molar-refractivity contribution in [1.29, 1.82) is 0 Å². The number of ether oxygens (including phenoxy) is 2. The number of hydrogen-bond acceptors (Lipinski definition) is 6. The number of carboxylic acid groups (broad SMARTS) is 1. The fourth-order valence-corrected chi connectivity index (χ4v) is 3.19. The Morgan fingerprint density at radius 3 is 2.18 bits per heavy atom. The molecule has 0 bridgehead atoms. The highest BCUT2D eigenvalue weighted by Gasteiger charge is 2.35. The quantitative estimate of drug-likeness (QED) is 0.257. The number of ketones is 2. The van der Waals surface area contributed by atoms with Crippen LogP contribution >= 0.6 is 0 Å². The highest BCUT2D eigenvalue weighted by Crippen LogP contribution is 2.33. The van der Waals surface area contributed by atoms with Crippen LogP contribution in [0.4, 0.5) is 0 Å². The molecule has 0 aliphatic heterocycles. The minimum absolute atomic E-state index is 0.0107. The molecule has 0 aliphatic rings. The van der Waals surface area contributed by atoms with Crippen molar-refractivity contribution in [1.82, 2.24) is 0 Å². The standard InChI is InChI=1S/C26H32O7/c1-5-7-21-22(13-12-20(17(2)27)24(21)29)33-15-6-14-32-19-10-8-18(9-11-19)16-23(28)26(3,4)25(30)31/h8-13,29H,5-7,14-16H2,1-4H3,(H,30,31). The predicted molar refractivity (Wildman–Crippen MR) is 124 cm³/mol. The van der Waals surface area contributed by atoms with Crippen molar-refractivity contribution in [2.24, 2.45) is 5.41 Å². The smallest absolute Gasteiger partial charge is 0.316 e. The first-order chi connectivity index (χ1) is 15.6. The zero-order chi connectivity index (χ0) is 24.6. The Kier molecular flexibility index (Phi) is 9.02. The second-order valence-electron chi connectivity index (χ2n) is 8.47. The van der Waals surface area contributed by atoms with Crippen molar-refractivity contribution in [3.63, 3.8) is 0 Å². The normalized spacial score (nSPS) is 11.2. The molecule has 2 N–H and O–H groups in total. The van der Waals surface area contributed by atoms with Gasteiger partial charge in [-0.15, -0.1) is 0 Å². The molecule has 0 aliphatic carbocycles. The summed E-state index contributed by atoms with van der Waals surface area (Å²) in [4.78, 5) is 35.1. The maximum Gasteiger partial charge on any atom is 0.316 e. The van der Waals surface area contributed by atoms with Gasteiger partial charge in [0.25, 0.3) is 0 Å². The minimum Gasteiger partial charge on any atom is -0.507 e. The monoisotopic (exact) mass is 456 g/mol. The number of hydrogen-bond donors (Lipinski definition) is 2. The third-order valence-electron chi connectivity index (χ3n) is 5.45. The number of aliphatic carboxylic acids is 1. The van der Waals surface area contributed by atoms with Crippen LogP contribution in [-0.4, -0.2) is 41.0 Å². The maximum absolute atomic E-state index is 12.2. The molecule has 0 atom stereocenters. The molecule has 0 fully saturated rings. The van der Waals surface area contributed by atoms with Crippen molar-refractivity contribution in [2.75, 3.05) is 13.2 Å². The Bertz CT molecular complexity index is 990. The SMILES string of the molecule is CCCc1c(OCCCOc2ccc(CC(=O)C(C)(C)C(=O)O)cc2)ccc(C(C)=O)c1O. The minimum atomic E-state index is -1.42. The van der Waals surface area contributed by atoms with E-state index in [1.54, 1.807) is 36.4 Å². The summed E-state index contributed by atoms with van der Waals surface area (Å²) in [6, 6.07) is 10.3. The first-order valence-corrected chi connectivity index (χ1v) is 11.0. The van der Waals surface area contributed by atoms with Gasteiger partial charge >= 0.3 is 5.97 Å². The zero-order valence-corrected chi connectivity index (χ0v) is 19.6. The van der Waals surface area contributed by atoms with Crippen LogP contribution in [0.1, 0.15) is 62.0 Å². The van der Waals surface area contributed by atoms with Gasteiger partial charge in [0, 0.05) is 18.4 Å². The van der Waals surface area contributed by atoms with E-state index in [0.717, 1.165) is 12.0 Å². The Morgan fingerprint density at radius 1 is 0.970 bits per heavy atom. The molecule has 0 saturated heterocycles. The van der Waals surface area contributed by atoms with E-state index in [-0.39, 0.29) is 23.7 Å². The van der Waals surface area contributed by atoms with Crippen molar-refractivity contribution in [3.8, 4) is 17.2 Å². The molecule has 33 heavy (non-hydrogen) atoms. The molecule has 0 amide bonds. The van der Waals surface area contributed by atoms with Gasteiger partial charge in [-0.25, -0.2) is 0 Å². The summed E-state index contributed by atoms with van der Waals surface area (Å²) in [5, 5.41) is 19.6. The molecule has 0 unspecified atom stereocenters. The Hall–Kier alpha value is -3.35. The van der Waals surface area contributed by atoms with Gasteiger partial charge in [-0.1, -0.05) is 25.5 Å². The van der Waals surface area contributed by atoms with E-state index in [0.29, 0.717) is 48.7 Å². The van der Waals surface area contributed by atoms with E-state index >= 15 is 0 Å². The lowest BCUT2D eigenvalue weighted by Gasteiger charge is -2.17. The third kappa shape index (κ3) is 6.81. The summed E-state index contributed by atoms with van der Waals surface area (Å²) < 4.78 is 11.5. The van der Waals surface area contributed by atoms with E-state index in [9.17, 15) is 19.5 Å². The Balaban J connectivity index is 1.85. The maximum atomic E-state index is 12.2. The third-order valence-corrected chi connectivity index (χ3v) is 5.45. The lowest BCUT2D eigenvalue weighted by molar-refractivity contribution is -0.152. The van der Waals surface area contributed by atoms with E-state index in [2.05, 4.69) is 0 Å². The topological polar surface area (TPSA) is 110 Å². The van der Waals surface area contributed by atoms with Crippen molar-refractivity contribution in [3.05, 3.63) is 53.1 Å². The second-order valence-corrected chi connectivity index (χ2v) is 8.47. The number of carbonyl (C=O) groups is 3. The van der Waals surface area contributed by atoms with Crippen LogP contribution in [0.2, 0.25) is 0 Å². The lowest BCUT2D eigenvalue weighted by Crippen LogP contribution is -2.34. The molecule has 7 nitrogen and oxygen atoms in total. The van der Waals surface area contributed by atoms with Gasteiger partial charge < -0.3 is 19.7 Å².